The van der Waals surface area contributed by atoms with Crippen LogP contribution in [0.4, 0.5) is 14.9 Å². The fourth-order valence-corrected chi connectivity index (χ4v) is 2.69. The van der Waals surface area contributed by atoms with Crippen molar-refractivity contribution in [3.05, 3.63) is 45.9 Å². The van der Waals surface area contributed by atoms with Crippen LogP contribution in [0.25, 0.3) is 0 Å². The van der Waals surface area contributed by atoms with Gasteiger partial charge in [0.25, 0.3) is 0 Å². The van der Waals surface area contributed by atoms with Crippen LogP contribution in [0.15, 0.2) is 28.7 Å². The minimum Gasteiger partial charge on any atom is -0.338 e. The number of aryl methyl sites for hydroxylation is 2. The normalized spacial score (nSPS) is 12.0. The second-order valence-electron chi connectivity index (χ2n) is 5.67. The lowest BCUT2D eigenvalue weighted by Gasteiger charge is -2.15. The molecule has 1 unspecified atom stereocenters. The van der Waals surface area contributed by atoms with E-state index in [1.807, 2.05) is 31.5 Å². The first-order chi connectivity index (χ1) is 10.8. The van der Waals surface area contributed by atoms with Gasteiger partial charge in [-0.3, -0.25) is 4.68 Å². The topological polar surface area (TPSA) is 59.0 Å². The third-order valence-electron chi connectivity index (χ3n) is 3.38. The zero-order valence-corrected chi connectivity index (χ0v) is 14.9. The number of amides is 2. The van der Waals surface area contributed by atoms with E-state index >= 15 is 0 Å². The molecular formula is C16H20BrFN4O. The van der Waals surface area contributed by atoms with Gasteiger partial charge in [-0.1, -0.05) is 6.92 Å². The third kappa shape index (κ3) is 5.06. The number of nitrogens with zero attached hydrogens (tertiary/aromatic N) is 2. The van der Waals surface area contributed by atoms with Gasteiger partial charge in [-0.15, -0.1) is 0 Å². The van der Waals surface area contributed by atoms with Gasteiger partial charge in [0.2, 0.25) is 0 Å². The molecular weight excluding hydrogens is 363 g/mol. The summed E-state index contributed by atoms with van der Waals surface area (Å²) in [7, 11) is 0. The lowest BCUT2D eigenvalue weighted by molar-refractivity contribution is 0.249. The molecule has 1 aromatic carbocycles. The molecule has 0 spiro atoms. The van der Waals surface area contributed by atoms with Crippen LogP contribution in [0.3, 0.4) is 0 Å². The summed E-state index contributed by atoms with van der Waals surface area (Å²) in [4.78, 5) is 11.9. The molecule has 2 amide bonds. The second kappa shape index (κ2) is 7.59. The van der Waals surface area contributed by atoms with Crippen LogP contribution in [0.2, 0.25) is 0 Å². The summed E-state index contributed by atoms with van der Waals surface area (Å²) in [6.07, 6.45) is 0. The Labute approximate surface area is 143 Å². The summed E-state index contributed by atoms with van der Waals surface area (Å²) in [6, 6.07) is 5.82. The van der Waals surface area contributed by atoms with Crippen molar-refractivity contribution in [2.24, 2.45) is 5.92 Å². The fraction of sp³-hybridized carbons (Fsp3) is 0.375. The summed E-state index contributed by atoms with van der Waals surface area (Å²) in [5, 5.41) is 9.91. The van der Waals surface area contributed by atoms with Gasteiger partial charge in [0.05, 0.1) is 11.4 Å². The van der Waals surface area contributed by atoms with Gasteiger partial charge in [0.1, 0.15) is 5.82 Å². The summed E-state index contributed by atoms with van der Waals surface area (Å²) < 4.78 is 15.5. The van der Waals surface area contributed by atoms with Gasteiger partial charge in [-0.25, -0.2) is 9.18 Å². The number of hydrogen-bond donors (Lipinski definition) is 2. The van der Waals surface area contributed by atoms with E-state index in [2.05, 4.69) is 31.7 Å². The standard InChI is InChI=1S/C16H20BrFN4O/c1-10(9-22-12(3)6-11(2)21-22)8-19-16(23)20-15-5-4-13(18)7-14(15)17/h4-7,10H,8-9H2,1-3H3,(H2,19,20,23). The first-order valence-corrected chi connectivity index (χ1v) is 8.15. The number of benzene rings is 1. The van der Waals surface area contributed by atoms with Gasteiger partial charge in [-0.2, -0.15) is 5.10 Å². The maximum absolute atomic E-state index is 13.0. The maximum atomic E-state index is 13.0. The van der Waals surface area contributed by atoms with Gasteiger partial charge in [-0.05, 0) is 60.0 Å². The molecule has 0 saturated heterocycles. The number of carbonyl (C=O) groups is 1. The van der Waals surface area contributed by atoms with E-state index < -0.39 is 0 Å². The predicted octanol–water partition coefficient (Wildman–Crippen LogP) is 3.86. The van der Waals surface area contributed by atoms with Crippen LogP contribution in [0.5, 0.6) is 0 Å². The van der Waals surface area contributed by atoms with Crippen molar-refractivity contribution in [2.75, 3.05) is 11.9 Å². The minimum atomic E-state index is -0.360. The van der Waals surface area contributed by atoms with Gasteiger partial charge < -0.3 is 10.6 Å². The molecule has 5 nitrogen and oxygen atoms in total. The van der Waals surface area contributed by atoms with E-state index in [0.29, 0.717) is 16.7 Å². The van der Waals surface area contributed by atoms with Crippen molar-refractivity contribution in [3.8, 4) is 0 Å². The average Bonchev–Trinajstić information content (AvgIpc) is 2.78. The van der Waals surface area contributed by atoms with Crippen LogP contribution in [-0.2, 0) is 6.54 Å². The van der Waals surface area contributed by atoms with Crippen molar-refractivity contribution in [3.63, 3.8) is 0 Å². The molecule has 23 heavy (non-hydrogen) atoms. The van der Waals surface area contributed by atoms with E-state index in [1.165, 1.54) is 18.2 Å². The SMILES string of the molecule is Cc1cc(C)n(CC(C)CNC(=O)Nc2ccc(F)cc2Br)n1. The molecule has 1 atom stereocenters. The Hall–Kier alpha value is -1.89. The molecule has 0 fully saturated rings. The molecule has 0 aliphatic carbocycles. The average molecular weight is 383 g/mol. The lowest BCUT2D eigenvalue weighted by atomic mass is 10.2. The zero-order valence-electron chi connectivity index (χ0n) is 13.4. The molecule has 0 aliphatic heterocycles. The number of rotatable bonds is 5. The molecule has 0 bridgehead atoms. The second-order valence-corrected chi connectivity index (χ2v) is 6.53. The van der Waals surface area contributed by atoms with Crippen molar-refractivity contribution >= 4 is 27.6 Å². The molecule has 2 N–H and O–H groups in total. The fourth-order valence-electron chi connectivity index (χ4n) is 2.24. The Morgan fingerprint density at radius 3 is 2.74 bits per heavy atom. The molecule has 2 rings (SSSR count). The van der Waals surface area contributed by atoms with Gasteiger partial charge in [0, 0.05) is 23.3 Å². The quantitative estimate of drug-likeness (QED) is 0.824. The molecule has 1 aromatic heterocycles. The Kier molecular flexibility index (Phi) is 5.76. The number of anilines is 1. The van der Waals surface area contributed by atoms with E-state index in [9.17, 15) is 9.18 Å². The van der Waals surface area contributed by atoms with E-state index in [1.54, 1.807) is 0 Å². The Morgan fingerprint density at radius 2 is 2.13 bits per heavy atom. The maximum Gasteiger partial charge on any atom is 0.319 e. The highest BCUT2D eigenvalue weighted by Gasteiger charge is 2.10. The van der Waals surface area contributed by atoms with Crippen molar-refractivity contribution in [1.82, 2.24) is 15.1 Å². The number of nitrogens with one attached hydrogen (secondary N) is 2. The number of aromatic nitrogens is 2. The molecule has 0 aliphatic rings. The molecule has 7 heteroatoms. The monoisotopic (exact) mass is 382 g/mol. The van der Waals surface area contributed by atoms with Crippen LogP contribution >= 0.6 is 15.9 Å². The third-order valence-corrected chi connectivity index (χ3v) is 4.03. The minimum absolute atomic E-state index is 0.232. The number of hydrogen-bond acceptors (Lipinski definition) is 2. The number of carbonyl (C=O) groups excluding carboxylic acids is 1. The van der Waals surface area contributed by atoms with Gasteiger partial charge in [0.15, 0.2) is 0 Å². The Bertz CT molecular complexity index is 701. The molecule has 0 radical (unpaired) electrons. The van der Waals surface area contributed by atoms with E-state index in [0.717, 1.165) is 17.9 Å². The Balaban J connectivity index is 1.83. The van der Waals surface area contributed by atoms with Crippen molar-refractivity contribution < 1.29 is 9.18 Å². The largest absolute Gasteiger partial charge is 0.338 e. The van der Waals surface area contributed by atoms with Crippen LogP contribution in [-0.4, -0.2) is 22.4 Å². The zero-order chi connectivity index (χ0) is 17.0. The van der Waals surface area contributed by atoms with Crippen LogP contribution in [0.1, 0.15) is 18.3 Å². The highest BCUT2D eigenvalue weighted by Crippen LogP contribution is 2.22. The summed E-state index contributed by atoms with van der Waals surface area (Å²) in [6.45, 7) is 7.27. The molecule has 1 heterocycles. The summed E-state index contributed by atoms with van der Waals surface area (Å²) in [5.74, 6) is -0.128. The first kappa shape index (κ1) is 17.5. The lowest BCUT2D eigenvalue weighted by Crippen LogP contribution is -2.33. The van der Waals surface area contributed by atoms with E-state index in [4.69, 9.17) is 0 Å². The molecule has 124 valence electrons. The van der Waals surface area contributed by atoms with Crippen molar-refractivity contribution in [1.29, 1.82) is 0 Å². The van der Waals surface area contributed by atoms with Crippen LogP contribution in [0, 0.1) is 25.6 Å². The predicted molar refractivity (Wildman–Crippen MR) is 92.0 cm³/mol. The van der Waals surface area contributed by atoms with Gasteiger partial charge >= 0.3 is 6.03 Å². The highest BCUT2D eigenvalue weighted by molar-refractivity contribution is 9.10. The number of halogens is 2. The summed E-state index contributed by atoms with van der Waals surface area (Å²) >= 11 is 3.22. The van der Waals surface area contributed by atoms with Crippen molar-refractivity contribution in [2.45, 2.75) is 27.3 Å². The molecule has 2 aromatic rings. The number of urea groups is 1. The van der Waals surface area contributed by atoms with Crippen LogP contribution < -0.4 is 10.6 Å². The molecule has 0 saturated carbocycles. The Morgan fingerprint density at radius 1 is 1.39 bits per heavy atom. The summed E-state index contributed by atoms with van der Waals surface area (Å²) in [5.41, 5.74) is 2.62. The smallest absolute Gasteiger partial charge is 0.319 e. The highest BCUT2D eigenvalue weighted by atomic mass is 79.9. The first-order valence-electron chi connectivity index (χ1n) is 7.36. The van der Waals surface area contributed by atoms with E-state index in [-0.39, 0.29) is 17.8 Å².